The second-order valence-electron chi connectivity index (χ2n) is 5.55. The summed E-state index contributed by atoms with van der Waals surface area (Å²) in [5.41, 5.74) is 0.999. The molecule has 0 saturated carbocycles. The van der Waals surface area contributed by atoms with Gasteiger partial charge in [-0.15, -0.1) is 0 Å². The number of para-hydroxylation sites is 1. The standard InChI is InChI=1S/C17H17ClN2O4S/c1-19-25(22,23)11-6-7-14(18)13(10-11)17(21)20-15-8-9-24-16-5-3-2-4-12(15)16/h2-7,10,15,19H,8-9H2,1H3,(H,20,21). The Morgan fingerprint density at radius 1 is 1.24 bits per heavy atom. The molecule has 2 N–H and O–H groups in total. The van der Waals surface area contributed by atoms with Crippen molar-refractivity contribution in [1.29, 1.82) is 0 Å². The van der Waals surface area contributed by atoms with Crippen LogP contribution in [0.3, 0.4) is 0 Å². The minimum Gasteiger partial charge on any atom is -0.493 e. The van der Waals surface area contributed by atoms with Crippen molar-refractivity contribution < 1.29 is 17.9 Å². The van der Waals surface area contributed by atoms with E-state index in [1.54, 1.807) is 0 Å². The summed E-state index contributed by atoms with van der Waals surface area (Å²) in [5, 5.41) is 3.10. The smallest absolute Gasteiger partial charge is 0.253 e. The molecule has 0 radical (unpaired) electrons. The molecule has 1 amide bonds. The molecule has 1 atom stereocenters. The van der Waals surface area contributed by atoms with E-state index in [9.17, 15) is 13.2 Å². The van der Waals surface area contributed by atoms with Gasteiger partial charge in [0.05, 0.1) is 28.1 Å². The van der Waals surface area contributed by atoms with Crippen molar-refractivity contribution in [3.05, 3.63) is 58.6 Å². The van der Waals surface area contributed by atoms with E-state index in [0.717, 1.165) is 11.3 Å². The molecule has 1 heterocycles. The van der Waals surface area contributed by atoms with Crippen LogP contribution in [-0.2, 0) is 10.0 Å². The van der Waals surface area contributed by atoms with Crippen LogP contribution in [-0.4, -0.2) is 28.0 Å². The highest BCUT2D eigenvalue weighted by atomic mass is 35.5. The zero-order valence-corrected chi connectivity index (χ0v) is 15.0. The Hall–Kier alpha value is -2.09. The lowest BCUT2D eigenvalue weighted by Gasteiger charge is -2.26. The van der Waals surface area contributed by atoms with Gasteiger partial charge in [-0.3, -0.25) is 4.79 Å². The first-order valence-electron chi connectivity index (χ1n) is 7.68. The number of rotatable bonds is 4. The number of nitrogens with one attached hydrogen (secondary N) is 2. The second-order valence-corrected chi connectivity index (χ2v) is 7.84. The van der Waals surface area contributed by atoms with Crippen LogP contribution in [0.1, 0.15) is 28.4 Å². The van der Waals surface area contributed by atoms with E-state index in [4.69, 9.17) is 16.3 Å². The summed E-state index contributed by atoms with van der Waals surface area (Å²) in [5.74, 6) is 0.302. The lowest BCUT2D eigenvalue weighted by molar-refractivity contribution is 0.0924. The summed E-state index contributed by atoms with van der Waals surface area (Å²) in [7, 11) is -2.35. The average Bonchev–Trinajstić information content (AvgIpc) is 2.62. The molecule has 0 fully saturated rings. The highest BCUT2D eigenvalue weighted by Gasteiger charge is 2.24. The first-order chi connectivity index (χ1) is 11.9. The summed E-state index contributed by atoms with van der Waals surface area (Å²) in [4.78, 5) is 12.6. The number of benzene rings is 2. The molecule has 25 heavy (non-hydrogen) atoms. The highest BCUT2D eigenvalue weighted by molar-refractivity contribution is 7.89. The molecular weight excluding hydrogens is 364 g/mol. The van der Waals surface area contributed by atoms with Crippen LogP contribution in [0.15, 0.2) is 47.4 Å². The maximum absolute atomic E-state index is 12.7. The Bertz CT molecular complexity index is 915. The fourth-order valence-electron chi connectivity index (χ4n) is 2.69. The minimum atomic E-state index is -3.66. The fraction of sp³-hybridized carbons (Fsp3) is 0.235. The molecule has 3 rings (SSSR count). The van der Waals surface area contributed by atoms with Gasteiger partial charge < -0.3 is 10.1 Å². The molecule has 1 aliphatic rings. The number of fused-ring (bicyclic) bond motifs is 1. The van der Waals surface area contributed by atoms with E-state index in [2.05, 4.69) is 10.0 Å². The molecule has 6 nitrogen and oxygen atoms in total. The van der Waals surface area contributed by atoms with E-state index >= 15 is 0 Å². The predicted molar refractivity (Wildman–Crippen MR) is 94.5 cm³/mol. The van der Waals surface area contributed by atoms with Gasteiger partial charge in [-0.1, -0.05) is 29.8 Å². The number of ether oxygens (including phenoxy) is 1. The largest absolute Gasteiger partial charge is 0.493 e. The molecule has 0 saturated heterocycles. The number of sulfonamides is 1. The van der Waals surface area contributed by atoms with Crippen LogP contribution in [0.2, 0.25) is 5.02 Å². The van der Waals surface area contributed by atoms with E-state index in [1.807, 2.05) is 24.3 Å². The van der Waals surface area contributed by atoms with E-state index < -0.39 is 15.9 Å². The Labute approximate surface area is 151 Å². The van der Waals surface area contributed by atoms with Crippen molar-refractivity contribution in [1.82, 2.24) is 10.0 Å². The van der Waals surface area contributed by atoms with Crippen molar-refractivity contribution in [3.63, 3.8) is 0 Å². The maximum Gasteiger partial charge on any atom is 0.253 e. The minimum absolute atomic E-state index is 0.0167. The van der Waals surface area contributed by atoms with Gasteiger partial charge in [0.15, 0.2) is 0 Å². The Morgan fingerprint density at radius 2 is 2.00 bits per heavy atom. The van der Waals surface area contributed by atoms with Crippen LogP contribution in [0.4, 0.5) is 0 Å². The number of carbonyl (C=O) groups excluding carboxylic acids is 1. The second kappa shape index (κ2) is 7.03. The summed E-state index contributed by atoms with van der Waals surface area (Å²) >= 11 is 6.10. The predicted octanol–water partition coefficient (Wildman–Crippen LogP) is 2.50. The molecule has 0 bridgehead atoms. The highest BCUT2D eigenvalue weighted by Crippen LogP contribution is 2.32. The Morgan fingerprint density at radius 3 is 2.76 bits per heavy atom. The molecule has 0 aliphatic carbocycles. The molecule has 1 unspecified atom stereocenters. The van der Waals surface area contributed by atoms with Crippen LogP contribution in [0.25, 0.3) is 0 Å². The molecule has 8 heteroatoms. The monoisotopic (exact) mass is 380 g/mol. The maximum atomic E-state index is 12.7. The molecule has 2 aromatic rings. The Balaban J connectivity index is 1.89. The van der Waals surface area contributed by atoms with Gasteiger partial charge in [0.2, 0.25) is 10.0 Å². The molecule has 0 spiro atoms. The number of amides is 1. The van der Waals surface area contributed by atoms with Gasteiger partial charge in [-0.25, -0.2) is 13.1 Å². The third-order valence-electron chi connectivity index (χ3n) is 4.03. The van der Waals surface area contributed by atoms with Crippen LogP contribution in [0, 0.1) is 0 Å². The van der Waals surface area contributed by atoms with Crippen molar-refractivity contribution in [2.75, 3.05) is 13.7 Å². The summed E-state index contributed by atoms with van der Waals surface area (Å²) in [6, 6.07) is 11.3. The number of hydrogen-bond acceptors (Lipinski definition) is 4. The SMILES string of the molecule is CNS(=O)(=O)c1ccc(Cl)c(C(=O)NC2CCOc3ccccc32)c1. The fourth-order valence-corrected chi connectivity index (χ4v) is 3.65. The zero-order chi connectivity index (χ0) is 18.0. The van der Waals surface area contributed by atoms with Crippen molar-refractivity contribution in [3.8, 4) is 5.75 Å². The summed E-state index contributed by atoms with van der Waals surface area (Å²) in [6.07, 6.45) is 0.620. The van der Waals surface area contributed by atoms with E-state index in [-0.39, 0.29) is 21.5 Å². The number of hydrogen-bond donors (Lipinski definition) is 2. The van der Waals surface area contributed by atoms with Gasteiger partial charge in [-0.2, -0.15) is 0 Å². The first kappa shape index (κ1) is 17.7. The summed E-state index contributed by atoms with van der Waals surface area (Å²) in [6.45, 7) is 0.490. The molecular formula is C17H17ClN2O4S. The van der Waals surface area contributed by atoms with E-state index in [1.165, 1.54) is 25.2 Å². The van der Waals surface area contributed by atoms with Gasteiger partial charge in [0, 0.05) is 12.0 Å². The van der Waals surface area contributed by atoms with Gasteiger partial charge in [0.1, 0.15) is 5.75 Å². The van der Waals surface area contributed by atoms with Crippen molar-refractivity contribution >= 4 is 27.5 Å². The topological polar surface area (TPSA) is 84.5 Å². The summed E-state index contributed by atoms with van der Waals surface area (Å²) < 4.78 is 31.7. The number of carbonyl (C=O) groups is 1. The van der Waals surface area contributed by atoms with Gasteiger partial charge in [-0.05, 0) is 31.3 Å². The van der Waals surface area contributed by atoms with Crippen LogP contribution in [0.5, 0.6) is 5.75 Å². The lowest BCUT2D eigenvalue weighted by atomic mass is 10.00. The third kappa shape index (κ3) is 3.63. The molecule has 1 aliphatic heterocycles. The number of halogens is 1. The third-order valence-corrected chi connectivity index (χ3v) is 5.77. The van der Waals surface area contributed by atoms with Gasteiger partial charge >= 0.3 is 0 Å². The van der Waals surface area contributed by atoms with Crippen molar-refractivity contribution in [2.45, 2.75) is 17.4 Å². The molecule has 132 valence electrons. The molecule has 2 aromatic carbocycles. The van der Waals surface area contributed by atoms with Crippen LogP contribution < -0.4 is 14.8 Å². The Kier molecular flexibility index (Phi) is 4.99. The lowest BCUT2D eigenvalue weighted by Crippen LogP contribution is -2.32. The zero-order valence-electron chi connectivity index (χ0n) is 13.5. The van der Waals surface area contributed by atoms with Crippen LogP contribution >= 0.6 is 11.6 Å². The van der Waals surface area contributed by atoms with Crippen molar-refractivity contribution in [2.24, 2.45) is 0 Å². The quantitative estimate of drug-likeness (QED) is 0.853. The normalized spacial score (nSPS) is 16.6. The van der Waals surface area contributed by atoms with Gasteiger partial charge in [0.25, 0.3) is 5.91 Å². The first-order valence-corrected chi connectivity index (χ1v) is 9.54. The molecule has 0 aromatic heterocycles. The average molecular weight is 381 g/mol. The van der Waals surface area contributed by atoms with E-state index in [0.29, 0.717) is 13.0 Å².